The first-order valence-corrected chi connectivity index (χ1v) is 39.5. The maximum atomic E-state index is 13.2. The van der Waals surface area contributed by atoms with Gasteiger partial charge < -0.3 is 57.1 Å². The minimum Gasteiger partial charge on any atom is -0.468 e. The zero-order chi connectivity index (χ0) is 83.4. The number of para-hydroxylation sites is 5. The van der Waals surface area contributed by atoms with E-state index in [1.807, 2.05) is 147 Å². The van der Waals surface area contributed by atoms with E-state index in [1.54, 1.807) is 103 Å². The van der Waals surface area contributed by atoms with E-state index in [9.17, 15) is 69.2 Å². The van der Waals surface area contributed by atoms with Crippen molar-refractivity contribution in [3.63, 3.8) is 0 Å². The van der Waals surface area contributed by atoms with E-state index in [2.05, 4.69) is 31.2 Å². The number of H-pyrrole nitrogens is 1. The summed E-state index contributed by atoms with van der Waals surface area (Å²) in [5.74, 6) is 0.618. The summed E-state index contributed by atoms with van der Waals surface area (Å²) in [6, 6.07) is 56.0. The van der Waals surface area contributed by atoms with E-state index in [0.29, 0.717) is 152 Å². The number of pyridine rings is 5. The molecule has 0 saturated carbocycles. The number of thiophene rings is 1. The predicted molar refractivity (Wildman–Crippen MR) is 458 cm³/mol. The number of furan rings is 1. The molecular weight excluding hydrogens is 1550 g/mol. The van der Waals surface area contributed by atoms with Crippen LogP contribution in [-0.2, 0) is 41.3 Å². The molecular formula is C85H82N18O15S. The highest BCUT2D eigenvalue weighted by atomic mass is 32.1. The summed E-state index contributed by atoms with van der Waals surface area (Å²) < 4.78 is 10.7. The van der Waals surface area contributed by atoms with Crippen LogP contribution in [0.4, 0.5) is 45.5 Å². The Hall–Kier alpha value is -14.3. The van der Waals surface area contributed by atoms with Crippen LogP contribution in [0.1, 0.15) is 31.6 Å². The third kappa shape index (κ3) is 15.9. The SMILES string of the molecule is Cn1c(=O)c([N+](=O)[O-])c(N2CCN(C(=O)c3cc4ccccc4[nH]3)CC2)c2ccccc21.Cn1c(=O)c([N+](=O)[O-])c(N2CCN(C(=O)c3nccc4ccccc34)CC2)c2ccccc21.Cn1c(=O)c([N+](=O)[O-])c(N2CCN(Cc3ccco3)CC2)c2ccccc21.Cn1c(=O)c([N+](=O)[O-])c(N2CCN(Cc3cccs3)CC2)c2ccccc21. The lowest BCUT2D eigenvalue weighted by Crippen LogP contribution is -2.49. The summed E-state index contributed by atoms with van der Waals surface area (Å²) in [6.07, 6.45) is 3.28. The van der Waals surface area contributed by atoms with Gasteiger partial charge in [-0.2, -0.15) is 0 Å². The molecule has 8 aromatic heterocycles. The van der Waals surface area contributed by atoms with E-state index < -0.39 is 53.3 Å². The van der Waals surface area contributed by atoms with Crippen molar-refractivity contribution in [2.75, 3.05) is 124 Å². The number of fused-ring (bicyclic) bond motifs is 6. The summed E-state index contributed by atoms with van der Waals surface area (Å²) in [5, 5.41) is 54.6. The van der Waals surface area contributed by atoms with Crippen LogP contribution >= 0.6 is 11.3 Å². The molecule has 0 spiro atoms. The largest absolute Gasteiger partial charge is 0.468 e. The number of rotatable bonds is 14. The summed E-state index contributed by atoms with van der Waals surface area (Å²) >= 11 is 1.74. The van der Waals surface area contributed by atoms with Gasteiger partial charge in [0.2, 0.25) is 0 Å². The monoisotopic (exact) mass is 1630 g/mol. The Balaban J connectivity index is 0.000000124. The van der Waals surface area contributed by atoms with Gasteiger partial charge in [-0.3, -0.25) is 84.0 Å². The van der Waals surface area contributed by atoms with Crippen molar-refractivity contribution in [1.82, 2.24) is 47.8 Å². The summed E-state index contributed by atoms with van der Waals surface area (Å²) in [7, 11) is 6.23. The van der Waals surface area contributed by atoms with Crippen molar-refractivity contribution in [3.05, 3.63) is 304 Å². The van der Waals surface area contributed by atoms with Crippen molar-refractivity contribution in [3.8, 4) is 0 Å². The molecule has 119 heavy (non-hydrogen) atoms. The molecule has 0 radical (unpaired) electrons. The number of aromatic amines is 1. The second-order valence-electron chi connectivity index (χ2n) is 29.2. The zero-order valence-electron chi connectivity index (χ0n) is 65.4. The molecule has 4 aliphatic rings. The number of benzene rings is 6. The Kier molecular flexibility index (Phi) is 23.0. The molecule has 4 saturated heterocycles. The minimum atomic E-state index is -0.646. The number of anilines is 4. The van der Waals surface area contributed by atoms with Gasteiger partial charge in [-0.1, -0.05) is 121 Å². The van der Waals surface area contributed by atoms with Gasteiger partial charge in [0.25, 0.3) is 11.8 Å². The molecule has 6 aromatic carbocycles. The number of nitro groups is 4. The zero-order valence-corrected chi connectivity index (χ0v) is 66.2. The molecule has 2 amide bonds. The molecule has 4 aliphatic heterocycles. The summed E-state index contributed by atoms with van der Waals surface area (Å²) in [5.41, 5.74) is 2.03. The van der Waals surface area contributed by atoms with Gasteiger partial charge in [0.05, 0.1) is 54.6 Å². The molecule has 0 bridgehead atoms. The topological polar surface area (TPSA) is 362 Å². The lowest BCUT2D eigenvalue weighted by atomic mass is 10.1. The van der Waals surface area contributed by atoms with Crippen LogP contribution in [0.15, 0.2) is 223 Å². The maximum absolute atomic E-state index is 13.2. The number of amides is 2. The van der Waals surface area contributed by atoms with Gasteiger partial charge in [-0.25, -0.2) is 0 Å². The van der Waals surface area contributed by atoms with Gasteiger partial charge in [0, 0.05) is 188 Å². The van der Waals surface area contributed by atoms with Gasteiger partial charge >= 0.3 is 45.0 Å². The van der Waals surface area contributed by atoms with E-state index in [1.165, 1.54) is 30.2 Å². The number of hydrogen-bond acceptors (Lipinski definition) is 23. The number of aromatic nitrogens is 6. The Morgan fingerprint density at radius 3 is 1.14 bits per heavy atom. The molecule has 1 N–H and O–H groups in total. The van der Waals surface area contributed by atoms with Crippen molar-refractivity contribution in [1.29, 1.82) is 0 Å². The first kappa shape index (κ1) is 80.0. The molecule has 608 valence electrons. The Bertz CT molecular complexity index is 6320. The molecule has 34 heteroatoms. The number of piperazine rings is 4. The fourth-order valence-electron chi connectivity index (χ4n) is 16.4. The molecule has 4 fully saturated rings. The molecule has 0 aliphatic carbocycles. The molecule has 0 atom stereocenters. The number of carbonyl (C=O) groups is 2. The first-order chi connectivity index (χ1) is 57.5. The number of nitrogens with one attached hydrogen (secondary N) is 1. The van der Waals surface area contributed by atoms with Crippen LogP contribution in [0.3, 0.4) is 0 Å². The highest BCUT2D eigenvalue weighted by molar-refractivity contribution is 7.09. The molecule has 18 rings (SSSR count). The van der Waals surface area contributed by atoms with Crippen molar-refractivity contribution in [2.45, 2.75) is 13.1 Å². The lowest BCUT2D eigenvalue weighted by Gasteiger charge is -2.36. The second-order valence-corrected chi connectivity index (χ2v) is 30.3. The van der Waals surface area contributed by atoms with Gasteiger partial charge in [0.15, 0.2) is 0 Å². The van der Waals surface area contributed by atoms with Crippen LogP contribution in [0.25, 0.3) is 65.3 Å². The van der Waals surface area contributed by atoms with Gasteiger partial charge in [-0.15, -0.1) is 11.3 Å². The third-order valence-corrected chi connectivity index (χ3v) is 23.3. The fourth-order valence-corrected chi connectivity index (χ4v) is 17.1. The van der Waals surface area contributed by atoms with E-state index in [4.69, 9.17) is 4.42 Å². The minimum absolute atomic E-state index is 0.107. The lowest BCUT2D eigenvalue weighted by molar-refractivity contribution is -0.385. The standard InChI is InChI=1S/C24H21N5O4.C23H21N5O4.C19H20N4O4.C19H20N4O3S/c1-26-19-9-5-4-8-18(19)21(22(24(26)31)29(32)33)27-12-14-28(15-13-27)23(30)20-17-7-3-2-6-16(17)10-11-25-20;1-25-19-9-5-3-7-16(19)20(21(23(25)30)28(31)32)26-10-12-27(13-11-26)22(29)18-14-15-6-2-4-8-17(15)24-18;2*1-20-16-7-3-2-6-15(16)17(18(19(20)24)23(25)26)22-10-8-21(9-11-22)13-14-5-4-12-27-14/h2-11H,12-15H2,1H3;2-9,14,24H,10-13H2,1H3;2*2-7,12H,8-11,13H2,1H3. The third-order valence-electron chi connectivity index (χ3n) is 22.4. The van der Waals surface area contributed by atoms with Crippen LogP contribution in [0, 0.1) is 40.5 Å². The Morgan fingerprint density at radius 1 is 0.403 bits per heavy atom. The number of nitrogens with zero attached hydrogens (tertiary/aromatic N) is 17. The smallest absolute Gasteiger partial charge is 0.357 e. The Morgan fingerprint density at radius 2 is 0.765 bits per heavy atom. The maximum Gasteiger partial charge on any atom is 0.357 e. The fraction of sp³-hybridized carbons (Fsp3) is 0.259. The molecule has 33 nitrogen and oxygen atoms in total. The highest BCUT2D eigenvalue weighted by Crippen LogP contribution is 2.39. The van der Waals surface area contributed by atoms with Crippen molar-refractivity contribution in [2.24, 2.45) is 28.2 Å². The normalized spacial score (nSPS) is 14.7. The highest BCUT2D eigenvalue weighted by Gasteiger charge is 2.37. The van der Waals surface area contributed by atoms with Crippen LogP contribution in [0.2, 0.25) is 0 Å². The average molecular weight is 1630 g/mol. The molecule has 12 heterocycles. The van der Waals surface area contributed by atoms with Crippen LogP contribution in [-0.4, -0.2) is 184 Å². The predicted octanol–water partition coefficient (Wildman–Crippen LogP) is 11.0. The van der Waals surface area contributed by atoms with E-state index in [0.717, 1.165) is 70.9 Å². The summed E-state index contributed by atoms with van der Waals surface area (Å²) in [6.45, 7) is 10.3. The van der Waals surface area contributed by atoms with E-state index in [-0.39, 0.29) is 23.2 Å². The molecule has 0 unspecified atom stereocenters. The van der Waals surface area contributed by atoms with Crippen molar-refractivity contribution >= 4 is 134 Å². The van der Waals surface area contributed by atoms with Gasteiger partial charge in [-0.05, 0) is 71.4 Å². The summed E-state index contributed by atoms with van der Waals surface area (Å²) in [4.78, 5) is 146. The van der Waals surface area contributed by atoms with Crippen LogP contribution in [0.5, 0.6) is 0 Å². The molecule has 14 aromatic rings. The van der Waals surface area contributed by atoms with E-state index >= 15 is 0 Å². The number of hydrogen-bond donors (Lipinski definition) is 1. The number of carbonyl (C=O) groups excluding carboxylic acids is 2. The Labute approximate surface area is 681 Å². The second kappa shape index (κ2) is 34.3. The average Bonchev–Trinajstić information content (AvgIpc) is 1.17. The first-order valence-electron chi connectivity index (χ1n) is 38.6. The van der Waals surface area contributed by atoms with Crippen molar-refractivity contribution < 1.29 is 33.7 Å². The van der Waals surface area contributed by atoms with Crippen LogP contribution < -0.4 is 41.8 Å². The van der Waals surface area contributed by atoms with Gasteiger partial charge in [0.1, 0.15) is 39.9 Å². The quantitative estimate of drug-likeness (QED) is 0.0780. The number of aryl methyl sites for hydroxylation is 4.